The summed E-state index contributed by atoms with van der Waals surface area (Å²) in [5.74, 6) is -0.845. The first-order chi connectivity index (χ1) is 36.0. The molecule has 0 N–H and O–H groups in total. The molecule has 6 nitrogen and oxygen atoms in total. The van der Waals surface area contributed by atoms with E-state index in [1.165, 1.54) is 276 Å². The molecule has 0 fully saturated rings. The van der Waals surface area contributed by atoms with Gasteiger partial charge in [0.1, 0.15) is 13.2 Å². The van der Waals surface area contributed by atoms with Crippen molar-refractivity contribution in [2.45, 2.75) is 386 Å². The van der Waals surface area contributed by atoms with Gasteiger partial charge in [0.15, 0.2) is 6.10 Å². The molecule has 0 aromatic heterocycles. The third-order valence-corrected chi connectivity index (χ3v) is 15.3. The van der Waals surface area contributed by atoms with Crippen LogP contribution in [-0.2, 0) is 28.6 Å². The van der Waals surface area contributed by atoms with Crippen LogP contribution in [0.3, 0.4) is 0 Å². The lowest BCUT2D eigenvalue weighted by Crippen LogP contribution is -2.30. The van der Waals surface area contributed by atoms with Crippen molar-refractivity contribution >= 4 is 17.9 Å². The van der Waals surface area contributed by atoms with Gasteiger partial charge >= 0.3 is 17.9 Å². The van der Waals surface area contributed by atoms with Gasteiger partial charge in [-0.2, -0.15) is 0 Å². The number of carbonyl (C=O) groups excluding carboxylic acids is 3. The van der Waals surface area contributed by atoms with Crippen LogP contribution in [0, 0.1) is 0 Å². The second kappa shape index (κ2) is 62.7. The van der Waals surface area contributed by atoms with Gasteiger partial charge in [-0.15, -0.1) is 0 Å². The predicted octanol–water partition coefficient (Wildman–Crippen LogP) is 22.4. The van der Waals surface area contributed by atoms with Gasteiger partial charge in [-0.3, -0.25) is 14.4 Å². The molecule has 73 heavy (non-hydrogen) atoms. The van der Waals surface area contributed by atoms with Crippen LogP contribution in [-0.4, -0.2) is 37.2 Å². The molecule has 0 spiro atoms. The van der Waals surface area contributed by atoms with Crippen molar-refractivity contribution in [3.8, 4) is 0 Å². The lowest BCUT2D eigenvalue weighted by atomic mass is 10.0. The van der Waals surface area contributed by atoms with E-state index in [-0.39, 0.29) is 31.1 Å². The zero-order chi connectivity index (χ0) is 52.9. The maximum absolute atomic E-state index is 12.9. The molecule has 0 amide bonds. The average Bonchev–Trinajstić information content (AvgIpc) is 3.39. The maximum Gasteiger partial charge on any atom is 0.306 e. The Morgan fingerprint density at radius 2 is 0.466 bits per heavy atom. The van der Waals surface area contributed by atoms with E-state index in [0.717, 1.165) is 64.2 Å². The summed E-state index contributed by atoms with van der Waals surface area (Å²) in [5.41, 5.74) is 0. The molecule has 0 saturated carbocycles. The van der Waals surface area contributed by atoms with Gasteiger partial charge in [-0.1, -0.05) is 335 Å². The van der Waals surface area contributed by atoms with Crippen LogP contribution in [0.1, 0.15) is 380 Å². The molecule has 0 saturated heterocycles. The SMILES string of the molecule is CCCC/C=C\CCCCCCCC(=O)OCC(COC(=O)CCCCCCCCCCCCCCCCCCCCCCCCC)OC(=O)CCCCCCCCCCCCCCCCCCCCCCC. The van der Waals surface area contributed by atoms with Crippen LogP contribution < -0.4 is 0 Å². The van der Waals surface area contributed by atoms with Gasteiger partial charge in [-0.05, 0) is 38.5 Å². The number of unbranched alkanes of at least 4 members (excludes halogenated alkanes) is 49. The third kappa shape index (κ3) is 60.9. The molecular weight excluding hydrogens is 901 g/mol. The van der Waals surface area contributed by atoms with E-state index < -0.39 is 6.10 Å². The molecule has 0 heterocycles. The van der Waals surface area contributed by atoms with Gasteiger partial charge in [0.05, 0.1) is 0 Å². The highest BCUT2D eigenvalue weighted by molar-refractivity contribution is 5.71. The number of rotatable bonds is 62. The molecule has 0 rings (SSSR count). The van der Waals surface area contributed by atoms with Gasteiger partial charge in [-0.25, -0.2) is 0 Å². The van der Waals surface area contributed by atoms with E-state index in [1.807, 2.05) is 0 Å². The monoisotopic (exact) mass is 1030 g/mol. The van der Waals surface area contributed by atoms with Gasteiger partial charge in [0, 0.05) is 19.3 Å². The highest BCUT2D eigenvalue weighted by Crippen LogP contribution is 2.19. The number of esters is 3. The summed E-state index contributed by atoms with van der Waals surface area (Å²) in [6, 6.07) is 0. The Labute approximate surface area is 456 Å². The lowest BCUT2D eigenvalue weighted by molar-refractivity contribution is -0.167. The molecule has 432 valence electrons. The first-order valence-electron chi connectivity index (χ1n) is 33.2. The van der Waals surface area contributed by atoms with Gasteiger partial charge < -0.3 is 14.2 Å². The Balaban J connectivity index is 4.18. The van der Waals surface area contributed by atoms with E-state index in [2.05, 4.69) is 32.9 Å². The normalized spacial score (nSPS) is 12.0. The van der Waals surface area contributed by atoms with Crippen LogP contribution in [0.15, 0.2) is 12.2 Å². The first-order valence-corrected chi connectivity index (χ1v) is 33.2. The summed E-state index contributed by atoms with van der Waals surface area (Å²) in [7, 11) is 0. The summed E-state index contributed by atoms with van der Waals surface area (Å²) in [4.78, 5) is 38.3. The second-order valence-corrected chi connectivity index (χ2v) is 22.7. The Bertz CT molecular complexity index is 1130. The van der Waals surface area contributed by atoms with Crippen molar-refractivity contribution in [1.82, 2.24) is 0 Å². The molecule has 1 atom stereocenters. The van der Waals surface area contributed by atoms with Crippen molar-refractivity contribution in [3.63, 3.8) is 0 Å². The Hall–Kier alpha value is -1.85. The summed E-state index contributed by atoms with van der Waals surface area (Å²) in [6.45, 7) is 6.68. The number of hydrogen-bond acceptors (Lipinski definition) is 6. The van der Waals surface area contributed by atoms with Crippen LogP contribution in [0.5, 0.6) is 0 Å². The van der Waals surface area contributed by atoms with Gasteiger partial charge in [0.2, 0.25) is 0 Å². The minimum atomic E-state index is -0.768. The quantitative estimate of drug-likeness (QED) is 0.0261. The Kier molecular flexibility index (Phi) is 61.1. The highest BCUT2D eigenvalue weighted by atomic mass is 16.6. The van der Waals surface area contributed by atoms with Crippen molar-refractivity contribution in [2.75, 3.05) is 13.2 Å². The summed E-state index contributed by atoms with van der Waals surface area (Å²) in [6.07, 6.45) is 73.8. The van der Waals surface area contributed by atoms with Crippen molar-refractivity contribution in [3.05, 3.63) is 12.2 Å². The Morgan fingerprint density at radius 3 is 0.726 bits per heavy atom. The van der Waals surface area contributed by atoms with Crippen molar-refractivity contribution in [2.24, 2.45) is 0 Å². The molecule has 0 aliphatic carbocycles. The zero-order valence-electron chi connectivity index (χ0n) is 49.7. The van der Waals surface area contributed by atoms with Crippen LogP contribution in [0.4, 0.5) is 0 Å². The summed E-state index contributed by atoms with van der Waals surface area (Å²) >= 11 is 0. The molecule has 0 radical (unpaired) electrons. The molecular formula is C67H128O6. The largest absolute Gasteiger partial charge is 0.462 e. The topological polar surface area (TPSA) is 78.9 Å². The number of hydrogen-bond donors (Lipinski definition) is 0. The molecule has 0 aliphatic rings. The Morgan fingerprint density at radius 1 is 0.260 bits per heavy atom. The number of carbonyl (C=O) groups is 3. The fourth-order valence-electron chi connectivity index (χ4n) is 10.3. The zero-order valence-corrected chi connectivity index (χ0v) is 49.7. The smallest absolute Gasteiger partial charge is 0.306 e. The van der Waals surface area contributed by atoms with Crippen molar-refractivity contribution < 1.29 is 28.6 Å². The first kappa shape index (κ1) is 71.2. The van der Waals surface area contributed by atoms with Crippen molar-refractivity contribution in [1.29, 1.82) is 0 Å². The highest BCUT2D eigenvalue weighted by Gasteiger charge is 2.19. The predicted molar refractivity (Wildman–Crippen MR) is 317 cm³/mol. The van der Waals surface area contributed by atoms with E-state index in [9.17, 15) is 14.4 Å². The lowest BCUT2D eigenvalue weighted by Gasteiger charge is -2.18. The number of ether oxygens (including phenoxy) is 3. The van der Waals surface area contributed by atoms with Crippen LogP contribution in [0.25, 0.3) is 0 Å². The summed E-state index contributed by atoms with van der Waals surface area (Å²) < 4.78 is 16.9. The summed E-state index contributed by atoms with van der Waals surface area (Å²) in [5, 5.41) is 0. The molecule has 1 unspecified atom stereocenters. The van der Waals surface area contributed by atoms with E-state index in [0.29, 0.717) is 19.3 Å². The third-order valence-electron chi connectivity index (χ3n) is 15.3. The fraction of sp³-hybridized carbons (Fsp3) is 0.925. The molecule has 0 bridgehead atoms. The van der Waals surface area contributed by atoms with E-state index >= 15 is 0 Å². The van der Waals surface area contributed by atoms with Crippen LogP contribution >= 0.6 is 0 Å². The van der Waals surface area contributed by atoms with E-state index in [1.54, 1.807) is 0 Å². The van der Waals surface area contributed by atoms with Crippen LogP contribution in [0.2, 0.25) is 0 Å². The molecule has 0 aliphatic heterocycles. The molecule has 0 aromatic carbocycles. The average molecular weight is 1030 g/mol. The minimum absolute atomic E-state index is 0.0661. The fourth-order valence-corrected chi connectivity index (χ4v) is 10.3. The minimum Gasteiger partial charge on any atom is -0.462 e. The second-order valence-electron chi connectivity index (χ2n) is 22.7. The number of allylic oxidation sites excluding steroid dienone is 2. The van der Waals surface area contributed by atoms with E-state index in [4.69, 9.17) is 14.2 Å². The maximum atomic E-state index is 12.9. The molecule has 0 aromatic rings. The standard InChI is InChI=1S/C67H128O6/c1-4-7-10-13-16-19-22-24-26-28-30-32-33-35-36-38-40-42-45-48-51-54-57-60-66(69)72-63-64(62-71-65(68)59-56-53-50-47-44-21-18-15-12-9-6-3)73-67(70)61-58-55-52-49-46-43-41-39-37-34-31-29-27-25-23-20-17-14-11-8-5-2/h15,18,64H,4-14,16-17,19-63H2,1-3H3/b18-15-. The van der Waals surface area contributed by atoms with Gasteiger partial charge in [0.25, 0.3) is 0 Å². The molecule has 6 heteroatoms.